The fraction of sp³-hybridized carbons (Fsp3) is 0.400. The molecule has 0 fully saturated rings. The van der Waals surface area contributed by atoms with Crippen LogP contribution in [0, 0.1) is 6.58 Å². The van der Waals surface area contributed by atoms with Crippen LogP contribution < -0.4 is 4.90 Å². The van der Waals surface area contributed by atoms with E-state index in [-0.39, 0.29) is 0 Å². The van der Waals surface area contributed by atoms with Gasteiger partial charge in [0.15, 0.2) is 0 Å². The molecule has 0 aromatic heterocycles. The third-order valence-electron chi connectivity index (χ3n) is 3.44. The molecule has 21 heavy (non-hydrogen) atoms. The zero-order valence-electron chi connectivity index (χ0n) is 13.5. The molecule has 0 heterocycles. The highest BCUT2D eigenvalue weighted by Gasteiger charge is 2.04. The average molecular weight is 282 g/mol. The highest BCUT2D eigenvalue weighted by atomic mass is 15.1. The lowest BCUT2D eigenvalue weighted by Gasteiger charge is -2.24. The van der Waals surface area contributed by atoms with E-state index in [4.69, 9.17) is 6.58 Å². The number of hydrogen-bond acceptors (Lipinski definition) is 1. The number of unbranched alkanes of at least 4 members (excludes halogenated alkanes) is 2. The minimum Gasteiger partial charge on any atom is -0.372 e. The van der Waals surface area contributed by atoms with Gasteiger partial charge in [0.25, 0.3) is 0 Å². The van der Waals surface area contributed by atoms with E-state index in [1.54, 1.807) is 0 Å². The van der Waals surface area contributed by atoms with E-state index in [0.29, 0.717) is 0 Å². The summed E-state index contributed by atoms with van der Waals surface area (Å²) in [6, 6.07) is 8.81. The van der Waals surface area contributed by atoms with Crippen molar-refractivity contribution in [3.63, 3.8) is 0 Å². The Labute approximate surface area is 130 Å². The maximum Gasteiger partial charge on any atom is 0.0366 e. The Morgan fingerprint density at radius 3 is 2.05 bits per heavy atom. The van der Waals surface area contributed by atoms with Gasteiger partial charge in [0.2, 0.25) is 0 Å². The van der Waals surface area contributed by atoms with Gasteiger partial charge in [-0.1, -0.05) is 75.8 Å². The van der Waals surface area contributed by atoms with Crippen LogP contribution in [0.5, 0.6) is 0 Å². The van der Waals surface area contributed by atoms with Gasteiger partial charge in [0, 0.05) is 18.8 Å². The number of hydrogen-bond donors (Lipinski definition) is 0. The predicted molar refractivity (Wildman–Crippen MR) is 95.5 cm³/mol. The van der Waals surface area contributed by atoms with E-state index in [0.717, 1.165) is 13.1 Å². The molecule has 0 amide bonds. The maximum absolute atomic E-state index is 5.29. The van der Waals surface area contributed by atoms with E-state index in [9.17, 15) is 0 Å². The fourth-order valence-corrected chi connectivity index (χ4v) is 2.16. The Bertz CT molecular complexity index is 431. The molecule has 1 nitrogen and oxygen atoms in total. The molecule has 0 aliphatic rings. The Morgan fingerprint density at radius 1 is 0.905 bits per heavy atom. The van der Waals surface area contributed by atoms with Crippen LogP contribution in [0.3, 0.4) is 0 Å². The van der Waals surface area contributed by atoms with Crippen LogP contribution in [0.1, 0.15) is 45.1 Å². The molecule has 0 aliphatic carbocycles. The van der Waals surface area contributed by atoms with Gasteiger partial charge >= 0.3 is 0 Å². The third-order valence-corrected chi connectivity index (χ3v) is 3.44. The smallest absolute Gasteiger partial charge is 0.0366 e. The van der Waals surface area contributed by atoms with Crippen LogP contribution in [-0.4, -0.2) is 13.1 Å². The predicted octanol–water partition coefficient (Wildman–Crippen LogP) is 5.65. The molecule has 1 aromatic rings. The van der Waals surface area contributed by atoms with Gasteiger partial charge < -0.3 is 4.90 Å². The van der Waals surface area contributed by atoms with E-state index in [1.165, 1.54) is 43.0 Å². The van der Waals surface area contributed by atoms with Crippen molar-refractivity contribution in [1.29, 1.82) is 0 Å². The van der Waals surface area contributed by atoms with Crippen molar-refractivity contribution in [2.75, 3.05) is 18.0 Å². The minimum absolute atomic E-state index is 1.15. The molecule has 0 saturated heterocycles. The SMILES string of the molecule is [CH]=CC=CC=Cc1ccc(N(CCCC)CCCC)cc1. The van der Waals surface area contributed by atoms with E-state index < -0.39 is 0 Å². The van der Waals surface area contributed by atoms with E-state index in [2.05, 4.69) is 49.1 Å². The number of anilines is 1. The molecule has 1 heteroatoms. The molecule has 1 rings (SSSR count). The highest BCUT2D eigenvalue weighted by Crippen LogP contribution is 2.17. The molecular formula is C20H28N. The molecule has 0 atom stereocenters. The lowest BCUT2D eigenvalue weighted by Crippen LogP contribution is -2.25. The van der Waals surface area contributed by atoms with Crippen molar-refractivity contribution in [1.82, 2.24) is 0 Å². The van der Waals surface area contributed by atoms with Gasteiger partial charge in [-0.3, -0.25) is 0 Å². The van der Waals surface area contributed by atoms with Crippen LogP contribution in [0.25, 0.3) is 6.08 Å². The summed E-state index contributed by atoms with van der Waals surface area (Å²) < 4.78 is 0. The van der Waals surface area contributed by atoms with Gasteiger partial charge in [-0.25, -0.2) is 0 Å². The topological polar surface area (TPSA) is 3.24 Å². The van der Waals surface area contributed by atoms with Crippen molar-refractivity contribution < 1.29 is 0 Å². The monoisotopic (exact) mass is 282 g/mol. The number of rotatable bonds is 10. The van der Waals surface area contributed by atoms with Crippen LogP contribution in [0.15, 0.2) is 48.6 Å². The standard InChI is InChI=1S/C20H28N/c1-4-7-10-11-12-19-13-15-20(16-14-19)21(17-8-5-2)18-9-6-3/h1,4,7,10-16H,5-6,8-9,17-18H2,2-3H3. The molecule has 0 N–H and O–H groups in total. The Morgan fingerprint density at radius 2 is 1.52 bits per heavy atom. The lowest BCUT2D eigenvalue weighted by molar-refractivity contribution is 0.678. The van der Waals surface area contributed by atoms with Crippen molar-refractivity contribution >= 4 is 11.8 Å². The summed E-state index contributed by atoms with van der Waals surface area (Å²) >= 11 is 0. The van der Waals surface area contributed by atoms with Gasteiger partial charge in [-0.05, 0) is 30.5 Å². The van der Waals surface area contributed by atoms with E-state index >= 15 is 0 Å². The normalized spacial score (nSPS) is 11.3. The lowest BCUT2D eigenvalue weighted by atomic mass is 10.1. The molecule has 0 bridgehead atoms. The van der Waals surface area contributed by atoms with Crippen molar-refractivity contribution in [2.24, 2.45) is 0 Å². The zero-order chi connectivity index (χ0) is 15.3. The third kappa shape index (κ3) is 6.99. The molecule has 0 aliphatic heterocycles. The van der Waals surface area contributed by atoms with Crippen LogP contribution in [-0.2, 0) is 0 Å². The summed E-state index contributed by atoms with van der Waals surface area (Å²) in [6.07, 6.45) is 14.4. The van der Waals surface area contributed by atoms with Crippen LogP contribution in [0.2, 0.25) is 0 Å². The average Bonchev–Trinajstić information content (AvgIpc) is 2.53. The first-order valence-corrected chi connectivity index (χ1v) is 8.05. The fourth-order valence-electron chi connectivity index (χ4n) is 2.16. The molecule has 0 saturated carbocycles. The summed E-state index contributed by atoms with van der Waals surface area (Å²) in [5, 5.41) is 0. The van der Waals surface area contributed by atoms with Crippen molar-refractivity contribution in [2.45, 2.75) is 39.5 Å². The van der Waals surface area contributed by atoms with Crippen LogP contribution in [0.4, 0.5) is 5.69 Å². The Hall–Kier alpha value is -1.76. The first kappa shape index (κ1) is 17.3. The van der Waals surface area contributed by atoms with Crippen molar-refractivity contribution in [3.8, 4) is 0 Å². The molecular weight excluding hydrogens is 254 g/mol. The summed E-state index contributed by atoms with van der Waals surface area (Å²) in [7, 11) is 0. The summed E-state index contributed by atoms with van der Waals surface area (Å²) in [5.74, 6) is 0. The highest BCUT2D eigenvalue weighted by molar-refractivity contribution is 5.57. The Kier molecular flexibility index (Phi) is 9.03. The second-order valence-electron chi connectivity index (χ2n) is 5.22. The summed E-state index contributed by atoms with van der Waals surface area (Å²) in [4.78, 5) is 2.50. The molecule has 1 radical (unpaired) electrons. The summed E-state index contributed by atoms with van der Waals surface area (Å²) in [6.45, 7) is 12.1. The number of nitrogens with zero attached hydrogens (tertiary/aromatic N) is 1. The molecule has 0 unspecified atom stereocenters. The molecule has 0 spiro atoms. The Balaban J connectivity index is 2.69. The largest absolute Gasteiger partial charge is 0.372 e. The van der Waals surface area contributed by atoms with Crippen molar-refractivity contribution in [3.05, 3.63) is 60.7 Å². The van der Waals surface area contributed by atoms with Gasteiger partial charge in [-0.15, -0.1) is 0 Å². The van der Waals surface area contributed by atoms with Gasteiger partial charge in [-0.2, -0.15) is 0 Å². The summed E-state index contributed by atoms with van der Waals surface area (Å²) in [5.41, 5.74) is 2.55. The maximum atomic E-state index is 5.29. The first-order chi connectivity index (χ1) is 10.3. The number of benzene rings is 1. The zero-order valence-corrected chi connectivity index (χ0v) is 13.5. The number of allylic oxidation sites excluding steroid dienone is 4. The van der Waals surface area contributed by atoms with Gasteiger partial charge in [0.05, 0.1) is 0 Å². The second-order valence-corrected chi connectivity index (χ2v) is 5.22. The van der Waals surface area contributed by atoms with E-state index in [1.807, 2.05) is 18.2 Å². The molecule has 113 valence electrons. The second kappa shape index (κ2) is 11.0. The molecule has 1 aromatic carbocycles. The van der Waals surface area contributed by atoms with Crippen LogP contribution >= 0.6 is 0 Å². The first-order valence-electron chi connectivity index (χ1n) is 8.05. The quantitative estimate of drug-likeness (QED) is 0.501. The van der Waals surface area contributed by atoms with Gasteiger partial charge in [0.1, 0.15) is 0 Å². The minimum atomic E-state index is 1.15.